The lowest BCUT2D eigenvalue weighted by atomic mass is 9.96. The molecule has 0 N–H and O–H groups in total. The van der Waals surface area contributed by atoms with Crippen molar-refractivity contribution in [2.45, 2.75) is 24.6 Å². The first kappa shape index (κ1) is 13.0. The Hall–Kier alpha value is -0.0500. The van der Waals surface area contributed by atoms with E-state index >= 15 is 0 Å². The number of carbonyl (C=O) groups is 1. The maximum atomic E-state index is 11.2. The van der Waals surface area contributed by atoms with Gasteiger partial charge in [0.1, 0.15) is 5.78 Å². The fraction of sp³-hybridized carbons (Fsp3) is 0.364. The molecule has 1 nitrogen and oxygen atoms in total. The molecule has 1 aromatic carbocycles. The SMILES string of the molecule is CC(=O)C(Br)C(C)c1c(Cl)cccc1Cl. The summed E-state index contributed by atoms with van der Waals surface area (Å²) >= 11 is 15.5. The van der Waals surface area contributed by atoms with E-state index in [9.17, 15) is 4.79 Å². The number of hydrogen-bond acceptors (Lipinski definition) is 1. The van der Waals surface area contributed by atoms with Gasteiger partial charge in [-0.05, 0) is 24.6 Å². The number of Topliss-reactive ketones (excluding diaryl/α,β-unsaturated/α-hetero) is 1. The first-order valence-electron chi connectivity index (χ1n) is 4.53. The third-order valence-corrected chi connectivity index (χ3v) is 4.38. The second-order valence-corrected chi connectivity index (χ2v) is 5.24. The molecule has 0 saturated carbocycles. The molecule has 0 aliphatic rings. The van der Waals surface area contributed by atoms with Gasteiger partial charge in [0, 0.05) is 16.0 Å². The van der Waals surface area contributed by atoms with Crippen molar-refractivity contribution in [2.24, 2.45) is 0 Å². The van der Waals surface area contributed by atoms with Crippen LogP contribution in [0.25, 0.3) is 0 Å². The summed E-state index contributed by atoms with van der Waals surface area (Å²) in [6.07, 6.45) is 0. The molecule has 4 heteroatoms. The van der Waals surface area contributed by atoms with E-state index in [1.54, 1.807) is 25.1 Å². The zero-order valence-corrected chi connectivity index (χ0v) is 11.5. The molecule has 0 bridgehead atoms. The minimum Gasteiger partial charge on any atom is -0.299 e. The van der Waals surface area contributed by atoms with Crippen LogP contribution in [0.2, 0.25) is 10.0 Å². The van der Waals surface area contributed by atoms with Crippen LogP contribution in [0, 0.1) is 0 Å². The first-order chi connectivity index (χ1) is 6.95. The topological polar surface area (TPSA) is 17.1 Å². The lowest BCUT2D eigenvalue weighted by molar-refractivity contribution is -0.116. The Morgan fingerprint density at radius 2 is 1.80 bits per heavy atom. The molecule has 1 aromatic rings. The van der Waals surface area contributed by atoms with Gasteiger partial charge in [-0.1, -0.05) is 52.1 Å². The smallest absolute Gasteiger partial charge is 0.144 e. The number of halogens is 3. The molecule has 0 heterocycles. The normalized spacial score (nSPS) is 14.7. The van der Waals surface area contributed by atoms with Crippen LogP contribution in [0.5, 0.6) is 0 Å². The van der Waals surface area contributed by atoms with Crippen molar-refractivity contribution in [1.82, 2.24) is 0 Å². The van der Waals surface area contributed by atoms with Crippen LogP contribution in [0.15, 0.2) is 18.2 Å². The molecule has 1 rings (SSSR count). The molecule has 82 valence electrons. The summed E-state index contributed by atoms with van der Waals surface area (Å²) in [6.45, 7) is 3.47. The van der Waals surface area contributed by atoms with E-state index in [2.05, 4.69) is 15.9 Å². The van der Waals surface area contributed by atoms with E-state index < -0.39 is 0 Å². The fourth-order valence-corrected chi connectivity index (χ4v) is 2.45. The predicted molar refractivity (Wildman–Crippen MR) is 68.3 cm³/mol. The van der Waals surface area contributed by atoms with Gasteiger partial charge in [-0.15, -0.1) is 0 Å². The molecule has 2 unspecified atom stereocenters. The van der Waals surface area contributed by atoms with E-state index in [0.717, 1.165) is 5.56 Å². The molecule has 2 atom stereocenters. The van der Waals surface area contributed by atoms with Crippen LogP contribution in [0.3, 0.4) is 0 Å². The Morgan fingerprint density at radius 3 is 2.20 bits per heavy atom. The van der Waals surface area contributed by atoms with Crippen LogP contribution in [0.4, 0.5) is 0 Å². The van der Waals surface area contributed by atoms with Crippen molar-refractivity contribution < 1.29 is 4.79 Å². The molecule has 0 fully saturated rings. The second kappa shape index (κ2) is 5.33. The molecule has 0 aromatic heterocycles. The molecule has 0 aliphatic heterocycles. The third kappa shape index (κ3) is 2.96. The number of benzene rings is 1. The van der Waals surface area contributed by atoms with Crippen LogP contribution < -0.4 is 0 Å². The molecule has 0 radical (unpaired) electrons. The molecule has 0 saturated heterocycles. The quantitative estimate of drug-likeness (QED) is 0.754. The Bertz CT molecular complexity index is 359. The number of ketones is 1. The van der Waals surface area contributed by atoms with Crippen LogP contribution >= 0.6 is 39.1 Å². The second-order valence-electron chi connectivity index (χ2n) is 3.44. The first-order valence-corrected chi connectivity index (χ1v) is 6.20. The molecule has 0 amide bonds. The highest BCUT2D eigenvalue weighted by Gasteiger charge is 2.23. The molecular formula is C11H11BrCl2O. The van der Waals surface area contributed by atoms with Gasteiger partial charge in [-0.25, -0.2) is 0 Å². The molecular weight excluding hydrogens is 299 g/mol. The number of hydrogen-bond donors (Lipinski definition) is 0. The zero-order valence-electron chi connectivity index (χ0n) is 8.43. The molecule has 0 aliphatic carbocycles. The summed E-state index contributed by atoms with van der Waals surface area (Å²) in [4.78, 5) is 11.0. The Balaban J connectivity index is 3.10. The Morgan fingerprint density at radius 1 is 1.33 bits per heavy atom. The highest BCUT2D eigenvalue weighted by Crippen LogP contribution is 2.35. The summed E-state index contributed by atoms with van der Waals surface area (Å²) < 4.78 is 0. The van der Waals surface area contributed by atoms with Crippen molar-refractivity contribution in [3.8, 4) is 0 Å². The highest BCUT2D eigenvalue weighted by molar-refractivity contribution is 9.10. The Kier molecular flexibility index (Phi) is 4.63. The van der Waals surface area contributed by atoms with Gasteiger partial charge in [-0.2, -0.15) is 0 Å². The van der Waals surface area contributed by atoms with Gasteiger partial charge in [0.05, 0.1) is 4.83 Å². The van der Waals surface area contributed by atoms with Crippen molar-refractivity contribution in [1.29, 1.82) is 0 Å². The van der Waals surface area contributed by atoms with Gasteiger partial charge in [0.15, 0.2) is 0 Å². The maximum Gasteiger partial charge on any atom is 0.144 e. The van der Waals surface area contributed by atoms with Crippen molar-refractivity contribution in [3.05, 3.63) is 33.8 Å². The Labute approximate surface area is 108 Å². The van der Waals surface area contributed by atoms with Crippen LogP contribution in [0.1, 0.15) is 25.3 Å². The summed E-state index contributed by atoms with van der Waals surface area (Å²) in [5.41, 5.74) is 0.818. The monoisotopic (exact) mass is 308 g/mol. The minimum atomic E-state index is -0.255. The third-order valence-electron chi connectivity index (χ3n) is 2.28. The summed E-state index contributed by atoms with van der Waals surface area (Å²) in [5, 5.41) is 1.20. The van der Waals surface area contributed by atoms with E-state index in [-0.39, 0.29) is 16.5 Å². The van der Waals surface area contributed by atoms with Gasteiger partial charge >= 0.3 is 0 Å². The summed E-state index contributed by atoms with van der Waals surface area (Å²) in [7, 11) is 0. The number of alkyl halides is 1. The van der Waals surface area contributed by atoms with Gasteiger partial charge < -0.3 is 0 Å². The lowest BCUT2D eigenvalue weighted by Crippen LogP contribution is -2.18. The predicted octanol–water partition coefficient (Wildman–Crippen LogP) is 4.45. The maximum absolute atomic E-state index is 11.2. The number of carbonyl (C=O) groups excluding carboxylic acids is 1. The van der Waals surface area contributed by atoms with E-state index in [4.69, 9.17) is 23.2 Å². The summed E-state index contributed by atoms with van der Waals surface area (Å²) in [6, 6.07) is 5.34. The zero-order chi connectivity index (χ0) is 11.6. The van der Waals surface area contributed by atoms with Crippen molar-refractivity contribution >= 4 is 44.9 Å². The van der Waals surface area contributed by atoms with Gasteiger partial charge in [0.25, 0.3) is 0 Å². The lowest BCUT2D eigenvalue weighted by Gasteiger charge is -2.18. The fourth-order valence-electron chi connectivity index (χ4n) is 1.44. The summed E-state index contributed by atoms with van der Waals surface area (Å²) in [5.74, 6) is 0.0298. The van der Waals surface area contributed by atoms with Crippen LogP contribution in [-0.2, 0) is 4.79 Å². The van der Waals surface area contributed by atoms with Gasteiger partial charge in [0.2, 0.25) is 0 Å². The standard InChI is InChI=1S/C11H11BrCl2O/c1-6(11(12)7(2)15)10-8(13)4-3-5-9(10)14/h3-6,11H,1-2H3. The average Bonchev–Trinajstić information content (AvgIpc) is 2.15. The molecule has 0 spiro atoms. The van der Waals surface area contributed by atoms with Crippen LogP contribution in [-0.4, -0.2) is 10.6 Å². The van der Waals surface area contributed by atoms with E-state index in [1.807, 2.05) is 6.92 Å². The van der Waals surface area contributed by atoms with Crippen molar-refractivity contribution in [2.75, 3.05) is 0 Å². The highest BCUT2D eigenvalue weighted by atomic mass is 79.9. The largest absolute Gasteiger partial charge is 0.299 e. The number of rotatable bonds is 3. The van der Waals surface area contributed by atoms with Crippen molar-refractivity contribution in [3.63, 3.8) is 0 Å². The van der Waals surface area contributed by atoms with Gasteiger partial charge in [-0.3, -0.25) is 4.79 Å². The minimum absolute atomic E-state index is 0.0382. The molecule has 15 heavy (non-hydrogen) atoms. The average molecular weight is 310 g/mol. The van der Waals surface area contributed by atoms with E-state index in [1.165, 1.54) is 0 Å². The van der Waals surface area contributed by atoms with E-state index in [0.29, 0.717) is 10.0 Å².